The van der Waals surface area contributed by atoms with E-state index < -0.39 is 0 Å². The van der Waals surface area contributed by atoms with E-state index in [-0.39, 0.29) is 11.8 Å². The van der Waals surface area contributed by atoms with Gasteiger partial charge in [0.15, 0.2) is 0 Å². The summed E-state index contributed by atoms with van der Waals surface area (Å²) in [6.45, 7) is 4.51. The molecule has 0 aromatic heterocycles. The van der Waals surface area contributed by atoms with Crippen LogP contribution in [0.5, 0.6) is 0 Å². The number of amides is 1. The molecule has 0 radical (unpaired) electrons. The van der Waals surface area contributed by atoms with Crippen LogP contribution in [-0.2, 0) is 16.0 Å². The van der Waals surface area contributed by atoms with Gasteiger partial charge in [0.1, 0.15) is 0 Å². The summed E-state index contributed by atoms with van der Waals surface area (Å²) in [5.41, 5.74) is 2.37. The molecule has 1 atom stereocenters. The van der Waals surface area contributed by atoms with Crippen molar-refractivity contribution in [1.82, 2.24) is 5.32 Å². The van der Waals surface area contributed by atoms with E-state index in [4.69, 9.17) is 4.74 Å². The molecule has 2 N–H and O–H groups in total. The molecule has 0 spiro atoms. The van der Waals surface area contributed by atoms with Gasteiger partial charge in [-0.2, -0.15) is 0 Å². The van der Waals surface area contributed by atoms with Crippen molar-refractivity contribution < 1.29 is 9.53 Å². The number of benzene rings is 1. The van der Waals surface area contributed by atoms with Crippen molar-refractivity contribution in [2.45, 2.75) is 13.3 Å². The average molecular weight is 248 g/mol. The maximum absolute atomic E-state index is 12.0. The fourth-order valence-corrected chi connectivity index (χ4v) is 2.16. The number of hydrogen-bond donors (Lipinski definition) is 2. The molecule has 1 aliphatic heterocycles. The first kappa shape index (κ1) is 12.9. The predicted molar refractivity (Wildman–Crippen MR) is 71.6 cm³/mol. The fraction of sp³-hybridized carbons (Fsp3) is 0.500. The number of ether oxygens (including phenoxy) is 1. The zero-order valence-corrected chi connectivity index (χ0v) is 10.7. The number of rotatable bonds is 5. The van der Waals surface area contributed by atoms with E-state index in [1.807, 2.05) is 19.1 Å². The Kier molecular flexibility index (Phi) is 4.59. The van der Waals surface area contributed by atoms with Crippen LogP contribution in [0.25, 0.3) is 0 Å². The topological polar surface area (TPSA) is 50.4 Å². The minimum atomic E-state index is 0.0153. The second kappa shape index (κ2) is 6.40. The van der Waals surface area contributed by atoms with Crippen molar-refractivity contribution in [3.63, 3.8) is 0 Å². The Morgan fingerprint density at radius 2 is 2.33 bits per heavy atom. The number of hydrogen-bond acceptors (Lipinski definition) is 3. The van der Waals surface area contributed by atoms with Crippen LogP contribution in [0.4, 0.5) is 5.69 Å². The Hall–Kier alpha value is -1.55. The van der Waals surface area contributed by atoms with Crippen LogP contribution >= 0.6 is 0 Å². The number of carbonyl (C=O) groups excluding carboxylic acids is 1. The van der Waals surface area contributed by atoms with Crippen LogP contribution in [-0.4, -0.2) is 32.2 Å². The molecule has 98 valence electrons. The highest BCUT2D eigenvalue weighted by Crippen LogP contribution is 2.24. The summed E-state index contributed by atoms with van der Waals surface area (Å²) in [4.78, 5) is 12.0. The highest BCUT2D eigenvalue weighted by molar-refractivity contribution is 5.80. The lowest BCUT2D eigenvalue weighted by molar-refractivity contribution is -0.124. The summed E-state index contributed by atoms with van der Waals surface area (Å²) in [6.07, 6.45) is 0.809. The van der Waals surface area contributed by atoms with E-state index in [1.165, 1.54) is 5.56 Å². The highest BCUT2D eigenvalue weighted by Gasteiger charge is 2.23. The van der Waals surface area contributed by atoms with Gasteiger partial charge in [0.2, 0.25) is 5.91 Å². The van der Waals surface area contributed by atoms with Crippen LogP contribution in [0.3, 0.4) is 0 Å². The van der Waals surface area contributed by atoms with Crippen LogP contribution < -0.4 is 10.6 Å². The summed E-state index contributed by atoms with van der Waals surface area (Å²) < 4.78 is 5.20. The van der Waals surface area contributed by atoms with Crippen molar-refractivity contribution >= 4 is 11.6 Å². The zero-order chi connectivity index (χ0) is 12.8. The molecule has 2 rings (SSSR count). The predicted octanol–water partition coefficient (Wildman–Crippen LogP) is 1.42. The number of carbonyl (C=O) groups is 1. The summed E-state index contributed by atoms with van der Waals surface area (Å²) in [5.74, 6) is 0.123. The maximum Gasteiger partial charge on any atom is 0.225 e. The van der Waals surface area contributed by atoms with Crippen molar-refractivity contribution in [3.8, 4) is 0 Å². The van der Waals surface area contributed by atoms with Gasteiger partial charge in [-0.3, -0.25) is 4.79 Å². The van der Waals surface area contributed by atoms with E-state index >= 15 is 0 Å². The quantitative estimate of drug-likeness (QED) is 0.775. The van der Waals surface area contributed by atoms with Crippen LogP contribution in [0.2, 0.25) is 0 Å². The Morgan fingerprint density at radius 1 is 1.50 bits per heavy atom. The van der Waals surface area contributed by atoms with E-state index in [0.29, 0.717) is 26.3 Å². The van der Waals surface area contributed by atoms with Crippen LogP contribution in [0.15, 0.2) is 24.3 Å². The summed E-state index contributed by atoms with van der Waals surface area (Å²) in [5, 5.41) is 6.22. The second-order valence-electron chi connectivity index (χ2n) is 4.43. The summed E-state index contributed by atoms with van der Waals surface area (Å²) in [6, 6.07) is 8.14. The largest absolute Gasteiger partial charge is 0.384 e. The molecule has 0 bridgehead atoms. The van der Waals surface area contributed by atoms with Crippen LogP contribution in [0.1, 0.15) is 12.5 Å². The Bertz CT molecular complexity index is 407. The molecule has 1 aromatic carbocycles. The molecule has 0 fully saturated rings. The first-order valence-corrected chi connectivity index (χ1v) is 6.48. The molecule has 0 saturated heterocycles. The third-order valence-electron chi connectivity index (χ3n) is 3.14. The van der Waals surface area contributed by atoms with E-state index in [9.17, 15) is 4.79 Å². The lowest BCUT2D eigenvalue weighted by Gasteiger charge is -2.25. The van der Waals surface area contributed by atoms with E-state index in [2.05, 4.69) is 22.8 Å². The average Bonchev–Trinajstić information content (AvgIpc) is 2.43. The first-order valence-electron chi connectivity index (χ1n) is 6.48. The Labute approximate surface area is 108 Å². The summed E-state index contributed by atoms with van der Waals surface area (Å²) in [7, 11) is 0. The molecular formula is C14H20N2O2. The van der Waals surface area contributed by atoms with Crippen molar-refractivity contribution in [3.05, 3.63) is 29.8 Å². The SMILES string of the molecule is CCOCCNC(=O)C1CNc2ccccc2C1. The molecule has 1 heterocycles. The smallest absolute Gasteiger partial charge is 0.225 e. The Balaban J connectivity index is 1.83. The maximum atomic E-state index is 12.0. The zero-order valence-electron chi connectivity index (χ0n) is 10.7. The molecule has 4 nitrogen and oxygen atoms in total. The van der Waals surface area contributed by atoms with Crippen molar-refractivity contribution in [2.24, 2.45) is 5.92 Å². The minimum Gasteiger partial charge on any atom is -0.384 e. The minimum absolute atomic E-state index is 0.0153. The van der Waals surface area contributed by atoms with Gasteiger partial charge in [0, 0.05) is 25.4 Å². The molecule has 4 heteroatoms. The number of nitrogens with one attached hydrogen (secondary N) is 2. The van der Waals surface area contributed by atoms with Gasteiger partial charge in [-0.15, -0.1) is 0 Å². The molecule has 18 heavy (non-hydrogen) atoms. The molecule has 1 amide bonds. The Morgan fingerprint density at radius 3 is 3.17 bits per heavy atom. The number of para-hydroxylation sites is 1. The molecule has 0 saturated carbocycles. The monoisotopic (exact) mass is 248 g/mol. The van der Waals surface area contributed by atoms with Gasteiger partial charge in [-0.25, -0.2) is 0 Å². The standard InChI is InChI=1S/C14H20N2O2/c1-2-18-8-7-15-14(17)12-9-11-5-3-4-6-13(11)16-10-12/h3-6,12,16H,2,7-10H2,1H3,(H,15,17). The van der Waals surface area contributed by atoms with Gasteiger partial charge >= 0.3 is 0 Å². The van der Waals surface area contributed by atoms with Gasteiger partial charge in [-0.1, -0.05) is 18.2 Å². The molecule has 1 unspecified atom stereocenters. The lowest BCUT2D eigenvalue weighted by atomic mass is 9.93. The summed E-state index contributed by atoms with van der Waals surface area (Å²) >= 11 is 0. The first-order chi connectivity index (χ1) is 8.81. The highest BCUT2D eigenvalue weighted by atomic mass is 16.5. The third kappa shape index (κ3) is 3.23. The lowest BCUT2D eigenvalue weighted by Crippen LogP contribution is -2.39. The molecule has 0 aliphatic carbocycles. The molecule has 1 aliphatic rings. The normalized spacial score (nSPS) is 17.7. The van der Waals surface area contributed by atoms with Crippen LogP contribution in [0, 0.1) is 5.92 Å². The van der Waals surface area contributed by atoms with Crippen molar-refractivity contribution in [1.29, 1.82) is 0 Å². The van der Waals surface area contributed by atoms with E-state index in [0.717, 1.165) is 12.1 Å². The fourth-order valence-electron chi connectivity index (χ4n) is 2.16. The van der Waals surface area contributed by atoms with Gasteiger partial charge < -0.3 is 15.4 Å². The van der Waals surface area contributed by atoms with Gasteiger partial charge in [0.25, 0.3) is 0 Å². The van der Waals surface area contributed by atoms with Gasteiger partial charge in [-0.05, 0) is 25.0 Å². The van der Waals surface area contributed by atoms with E-state index in [1.54, 1.807) is 0 Å². The van der Waals surface area contributed by atoms with Gasteiger partial charge in [0.05, 0.1) is 12.5 Å². The molecule has 1 aromatic rings. The molecular weight excluding hydrogens is 228 g/mol. The number of anilines is 1. The third-order valence-corrected chi connectivity index (χ3v) is 3.14. The number of fused-ring (bicyclic) bond motifs is 1. The van der Waals surface area contributed by atoms with Crippen molar-refractivity contribution in [2.75, 3.05) is 31.6 Å². The second-order valence-corrected chi connectivity index (χ2v) is 4.43.